The van der Waals surface area contributed by atoms with Crippen molar-refractivity contribution in [1.29, 1.82) is 0 Å². The van der Waals surface area contributed by atoms with Gasteiger partial charge in [-0.05, 0) is 25.8 Å². The number of likely N-dealkylation sites (N-methyl/N-ethyl adjacent to an activating group) is 1. The van der Waals surface area contributed by atoms with Crippen molar-refractivity contribution < 1.29 is 8.42 Å². The van der Waals surface area contributed by atoms with Crippen molar-refractivity contribution in [2.75, 3.05) is 33.2 Å². The Labute approximate surface area is 124 Å². The second kappa shape index (κ2) is 8.32. The molecule has 0 aromatic carbocycles. The van der Waals surface area contributed by atoms with Gasteiger partial charge < -0.3 is 5.32 Å². The summed E-state index contributed by atoms with van der Waals surface area (Å²) in [7, 11) is -1.44. The van der Waals surface area contributed by atoms with Crippen LogP contribution in [0, 0.1) is 5.92 Å². The summed E-state index contributed by atoms with van der Waals surface area (Å²) >= 11 is 0. The fraction of sp³-hybridized carbons (Fsp3) is 1.00. The maximum absolute atomic E-state index is 12.9. The van der Waals surface area contributed by atoms with E-state index in [1.165, 1.54) is 0 Å². The second-order valence-corrected chi connectivity index (χ2v) is 7.67. The third-order valence-electron chi connectivity index (χ3n) is 4.20. The van der Waals surface area contributed by atoms with Crippen LogP contribution in [0.1, 0.15) is 46.5 Å². The van der Waals surface area contributed by atoms with Crippen molar-refractivity contribution in [3.63, 3.8) is 0 Å². The lowest BCUT2D eigenvalue weighted by molar-refractivity contribution is 0.224. The van der Waals surface area contributed by atoms with E-state index >= 15 is 0 Å². The van der Waals surface area contributed by atoms with E-state index in [2.05, 4.69) is 19.2 Å². The summed E-state index contributed by atoms with van der Waals surface area (Å²) in [5, 5.41) is 3.12. The highest BCUT2D eigenvalue weighted by Gasteiger charge is 2.35. The smallest absolute Gasteiger partial charge is 0.282 e. The van der Waals surface area contributed by atoms with Crippen LogP contribution in [-0.4, -0.2) is 56.3 Å². The molecule has 1 heterocycles. The molecule has 1 N–H and O–H groups in total. The molecule has 5 nitrogen and oxygen atoms in total. The Balaban J connectivity index is 2.86. The zero-order valence-corrected chi connectivity index (χ0v) is 14.2. The number of nitrogens with zero attached hydrogens (tertiary/aromatic N) is 2. The average molecular weight is 305 g/mol. The van der Waals surface area contributed by atoms with Gasteiger partial charge in [-0.25, -0.2) is 0 Å². The molecule has 6 heteroatoms. The highest BCUT2D eigenvalue weighted by molar-refractivity contribution is 7.86. The highest BCUT2D eigenvalue weighted by Crippen LogP contribution is 2.23. The van der Waals surface area contributed by atoms with Crippen LogP contribution in [0.15, 0.2) is 0 Å². The van der Waals surface area contributed by atoms with Crippen LogP contribution < -0.4 is 5.32 Å². The van der Waals surface area contributed by atoms with Gasteiger partial charge in [0.25, 0.3) is 10.2 Å². The summed E-state index contributed by atoms with van der Waals surface area (Å²) in [6.45, 7) is 8.71. The predicted octanol–water partition coefficient (Wildman–Crippen LogP) is 1.67. The minimum atomic E-state index is -3.32. The topological polar surface area (TPSA) is 52.7 Å². The fourth-order valence-electron chi connectivity index (χ4n) is 2.73. The van der Waals surface area contributed by atoms with Gasteiger partial charge in [-0.1, -0.05) is 33.6 Å². The summed E-state index contributed by atoms with van der Waals surface area (Å²) < 4.78 is 29.1. The van der Waals surface area contributed by atoms with Gasteiger partial charge in [0.15, 0.2) is 0 Å². The Morgan fingerprint density at radius 1 is 1.35 bits per heavy atom. The van der Waals surface area contributed by atoms with Crippen molar-refractivity contribution >= 4 is 10.2 Å². The lowest BCUT2D eigenvalue weighted by Gasteiger charge is -2.38. The molecule has 2 unspecified atom stereocenters. The van der Waals surface area contributed by atoms with Crippen LogP contribution >= 0.6 is 0 Å². The Morgan fingerprint density at radius 3 is 2.60 bits per heavy atom. The molecule has 1 fully saturated rings. The molecule has 1 rings (SSSR count). The Bertz CT molecular complexity index is 371. The molecule has 20 heavy (non-hydrogen) atoms. The van der Waals surface area contributed by atoms with Gasteiger partial charge in [0.2, 0.25) is 0 Å². The molecule has 0 aromatic heterocycles. The Hall–Kier alpha value is -0.170. The molecule has 0 amide bonds. The number of hydrogen-bond donors (Lipinski definition) is 1. The fourth-order valence-corrected chi connectivity index (χ4v) is 4.71. The minimum Gasteiger partial charge on any atom is -0.318 e. The molecule has 1 saturated heterocycles. The van der Waals surface area contributed by atoms with Crippen LogP contribution in [0.3, 0.4) is 0 Å². The number of piperidine rings is 1. The molecule has 0 bridgehead atoms. The maximum Gasteiger partial charge on any atom is 0.282 e. The van der Waals surface area contributed by atoms with Crippen LogP contribution in [0.5, 0.6) is 0 Å². The normalized spacial score (nSPS) is 23.1. The molecule has 0 aromatic rings. The van der Waals surface area contributed by atoms with E-state index in [-0.39, 0.29) is 6.04 Å². The van der Waals surface area contributed by atoms with Gasteiger partial charge in [0.1, 0.15) is 0 Å². The Morgan fingerprint density at radius 2 is 2.05 bits per heavy atom. The summed E-state index contributed by atoms with van der Waals surface area (Å²) in [6, 6.07) is 0.102. The van der Waals surface area contributed by atoms with Crippen molar-refractivity contribution in [1.82, 2.24) is 13.9 Å². The number of hydrogen-bond acceptors (Lipinski definition) is 3. The summed E-state index contributed by atoms with van der Waals surface area (Å²) in [4.78, 5) is 0. The third kappa shape index (κ3) is 4.41. The molecule has 1 aliphatic rings. The van der Waals surface area contributed by atoms with E-state index in [4.69, 9.17) is 0 Å². The third-order valence-corrected chi connectivity index (χ3v) is 6.33. The molecule has 0 radical (unpaired) electrons. The molecule has 120 valence electrons. The van der Waals surface area contributed by atoms with Crippen molar-refractivity contribution in [3.05, 3.63) is 0 Å². The van der Waals surface area contributed by atoms with E-state index in [0.29, 0.717) is 25.6 Å². The molecule has 0 spiro atoms. The second-order valence-electron chi connectivity index (χ2n) is 5.79. The quantitative estimate of drug-likeness (QED) is 0.742. The van der Waals surface area contributed by atoms with Gasteiger partial charge in [-0.15, -0.1) is 0 Å². The standard InChI is InChI=1S/C14H31N3O2S/c1-5-13(3)12-16(6-2)20(18,19)17-10-8-7-9-14(17)11-15-4/h13-15H,5-12H2,1-4H3. The first-order chi connectivity index (χ1) is 9.47. The van der Waals surface area contributed by atoms with Crippen molar-refractivity contribution in [2.24, 2.45) is 5.92 Å². The first kappa shape index (κ1) is 17.9. The Kier molecular flexibility index (Phi) is 7.43. The largest absolute Gasteiger partial charge is 0.318 e. The summed E-state index contributed by atoms with van der Waals surface area (Å²) in [6.07, 6.45) is 4.06. The molecule has 1 aliphatic heterocycles. The average Bonchev–Trinajstić information content (AvgIpc) is 2.45. The number of nitrogens with one attached hydrogen (secondary N) is 1. The van der Waals surface area contributed by atoms with Gasteiger partial charge in [0, 0.05) is 32.2 Å². The van der Waals surface area contributed by atoms with Crippen LogP contribution in [0.4, 0.5) is 0 Å². The van der Waals surface area contributed by atoms with Gasteiger partial charge in [-0.3, -0.25) is 0 Å². The van der Waals surface area contributed by atoms with Gasteiger partial charge in [0.05, 0.1) is 0 Å². The van der Waals surface area contributed by atoms with E-state index in [9.17, 15) is 8.42 Å². The number of rotatable bonds is 8. The molecule has 0 saturated carbocycles. The maximum atomic E-state index is 12.9. The molecule has 0 aliphatic carbocycles. The van der Waals surface area contributed by atoms with E-state index in [0.717, 1.165) is 32.2 Å². The first-order valence-electron chi connectivity index (χ1n) is 7.88. The van der Waals surface area contributed by atoms with Crippen LogP contribution in [0.25, 0.3) is 0 Å². The van der Waals surface area contributed by atoms with Gasteiger partial charge >= 0.3 is 0 Å². The molecular formula is C14H31N3O2S. The SMILES string of the molecule is CCC(C)CN(CC)S(=O)(=O)N1CCCCC1CNC. The predicted molar refractivity (Wildman–Crippen MR) is 83.9 cm³/mol. The van der Waals surface area contributed by atoms with E-state index < -0.39 is 10.2 Å². The van der Waals surface area contributed by atoms with Crippen molar-refractivity contribution in [2.45, 2.75) is 52.5 Å². The summed E-state index contributed by atoms with van der Waals surface area (Å²) in [5.41, 5.74) is 0. The van der Waals surface area contributed by atoms with Crippen LogP contribution in [0.2, 0.25) is 0 Å². The molecule has 2 atom stereocenters. The van der Waals surface area contributed by atoms with Gasteiger partial charge in [-0.2, -0.15) is 17.0 Å². The monoisotopic (exact) mass is 305 g/mol. The minimum absolute atomic E-state index is 0.102. The zero-order valence-electron chi connectivity index (χ0n) is 13.4. The van der Waals surface area contributed by atoms with E-state index in [1.54, 1.807) is 8.61 Å². The first-order valence-corrected chi connectivity index (χ1v) is 9.28. The molecular weight excluding hydrogens is 274 g/mol. The van der Waals surface area contributed by atoms with E-state index in [1.807, 2.05) is 14.0 Å². The highest BCUT2D eigenvalue weighted by atomic mass is 32.2. The zero-order chi connectivity index (χ0) is 15.2. The lowest BCUT2D eigenvalue weighted by Crippen LogP contribution is -2.53. The van der Waals surface area contributed by atoms with Crippen LogP contribution in [-0.2, 0) is 10.2 Å². The summed E-state index contributed by atoms with van der Waals surface area (Å²) in [5.74, 6) is 0.400. The van der Waals surface area contributed by atoms with Crippen molar-refractivity contribution in [3.8, 4) is 0 Å². The lowest BCUT2D eigenvalue weighted by atomic mass is 10.1.